The van der Waals surface area contributed by atoms with Gasteiger partial charge in [-0.2, -0.15) is 0 Å². The molecule has 1 aromatic carbocycles. The van der Waals surface area contributed by atoms with Gasteiger partial charge in [-0.15, -0.1) is 23.1 Å². The van der Waals surface area contributed by atoms with Crippen molar-refractivity contribution in [2.24, 2.45) is 0 Å². The molecule has 0 spiro atoms. The van der Waals surface area contributed by atoms with Crippen molar-refractivity contribution in [1.82, 2.24) is 10.2 Å². The quantitative estimate of drug-likeness (QED) is 0.846. The number of thiophene rings is 1. The van der Waals surface area contributed by atoms with E-state index in [1.165, 1.54) is 0 Å². The van der Waals surface area contributed by atoms with Crippen LogP contribution < -0.4 is 5.32 Å². The summed E-state index contributed by atoms with van der Waals surface area (Å²) in [7, 11) is 0. The van der Waals surface area contributed by atoms with Crippen LogP contribution in [0, 0.1) is 0 Å². The predicted molar refractivity (Wildman–Crippen MR) is 104 cm³/mol. The maximum Gasteiger partial charge on any atom is 0.255 e. The lowest BCUT2D eigenvalue weighted by Gasteiger charge is -2.29. The summed E-state index contributed by atoms with van der Waals surface area (Å²) in [5, 5.41) is 5.35. The average Bonchev–Trinajstić information content (AvgIpc) is 3.23. The minimum atomic E-state index is -0.484. The minimum Gasteiger partial charge on any atom is -0.352 e. The van der Waals surface area contributed by atoms with Crippen LogP contribution >= 0.6 is 34.7 Å². The van der Waals surface area contributed by atoms with E-state index in [-0.39, 0.29) is 23.2 Å². The molecule has 1 aromatic heterocycles. The monoisotopic (exact) mass is 394 g/mol. The highest BCUT2D eigenvalue weighted by molar-refractivity contribution is 7.99. The standard InChI is InChI=1S/C18H19ClN2O2S2/c1-11(2)20-16(22)14-10-25-18(15-4-3-9-24-15)21(14)17(23)12-5-7-13(19)8-6-12/h3-9,11,14,18H,10H2,1-2H3,(H,20,22)/t14-,18+/m0/s1. The van der Waals surface area contributed by atoms with E-state index < -0.39 is 6.04 Å². The predicted octanol–water partition coefficient (Wildman–Crippen LogP) is 4.18. The Bertz CT molecular complexity index is 747. The number of nitrogens with zero attached hydrogens (tertiary/aromatic N) is 1. The van der Waals surface area contributed by atoms with Gasteiger partial charge >= 0.3 is 0 Å². The van der Waals surface area contributed by atoms with Gasteiger partial charge in [0.15, 0.2) is 0 Å². The molecular weight excluding hydrogens is 376 g/mol. The minimum absolute atomic E-state index is 0.0331. The molecule has 4 nitrogen and oxygen atoms in total. The molecular formula is C18H19ClN2O2S2. The fraction of sp³-hybridized carbons (Fsp3) is 0.333. The molecule has 0 radical (unpaired) electrons. The Kier molecular flexibility index (Phi) is 5.71. The van der Waals surface area contributed by atoms with E-state index in [0.29, 0.717) is 16.3 Å². The third kappa shape index (κ3) is 4.02. The van der Waals surface area contributed by atoms with Gasteiger partial charge in [-0.25, -0.2) is 0 Å². The second-order valence-corrected chi connectivity index (χ2v) is 8.63. The van der Waals surface area contributed by atoms with Crippen LogP contribution in [0.4, 0.5) is 0 Å². The first-order valence-electron chi connectivity index (χ1n) is 8.01. The van der Waals surface area contributed by atoms with Gasteiger partial charge in [0.1, 0.15) is 11.4 Å². The highest BCUT2D eigenvalue weighted by atomic mass is 35.5. The van der Waals surface area contributed by atoms with Crippen LogP contribution in [-0.4, -0.2) is 34.6 Å². The van der Waals surface area contributed by atoms with E-state index in [1.54, 1.807) is 52.3 Å². The molecule has 3 rings (SSSR count). The second-order valence-electron chi connectivity index (χ2n) is 6.10. The SMILES string of the molecule is CC(C)NC(=O)[C@@H]1CS[C@H](c2cccs2)N1C(=O)c1ccc(Cl)cc1. The zero-order valence-electron chi connectivity index (χ0n) is 13.9. The number of benzene rings is 1. The van der Waals surface area contributed by atoms with Crippen LogP contribution in [-0.2, 0) is 4.79 Å². The summed E-state index contributed by atoms with van der Waals surface area (Å²) in [5.74, 6) is 0.327. The molecule has 2 heterocycles. The van der Waals surface area contributed by atoms with Crippen molar-refractivity contribution >= 4 is 46.5 Å². The second kappa shape index (κ2) is 7.81. The number of rotatable bonds is 4. The van der Waals surface area contributed by atoms with Crippen molar-refractivity contribution in [3.8, 4) is 0 Å². The normalized spacial score (nSPS) is 20.1. The fourth-order valence-electron chi connectivity index (χ4n) is 2.73. The molecule has 1 N–H and O–H groups in total. The topological polar surface area (TPSA) is 49.4 Å². The van der Waals surface area contributed by atoms with E-state index in [0.717, 1.165) is 4.88 Å². The molecule has 2 amide bonds. The number of carbonyl (C=O) groups is 2. The lowest BCUT2D eigenvalue weighted by atomic mass is 10.1. The van der Waals surface area contributed by atoms with Crippen molar-refractivity contribution < 1.29 is 9.59 Å². The molecule has 0 bridgehead atoms. The Balaban J connectivity index is 1.92. The molecule has 2 aromatic rings. The summed E-state index contributed by atoms with van der Waals surface area (Å²) in [6.07, 6.45) is 0. The Morgan fingerprint density at radius 1 is 1.24 bits per heavy atom. The van der Waals surface area contributed by atoms with Crippen molar-refractivity contribution in [3.63, 3.8) is 0 Å². The van der Waals surface area contributed by atoms with Gasteiger partial charge in [0.2, 0.25) is 5.91 Å². The lowest BCUT2D eigenvalue weighted by Crippen LogP contribution is -2.49. The van der Waals surface area contributed by atoms with E-state index in [4.69, 9.17) is 11.6 Å². The van der Waals surface area contributed by atoms with Gasteiger partial charge in [-0.1, -0.05) is 17.7 Å². The fourth-order valence-corrected chi connectivity index (χ4v) is 5.25. The molecule has 2 atom stereocenters. The molecule has 1 aliphatic rings. The van der Waals surface area contributed by atoms with Crippen molar-refractivity contribution in [2.75, 3.05) is 5.75 Å². The van der Waals surface area contributed by atoms with Gasteiger partial charge in [-0.05, 0) is 49.6 Å². The number of hydrogen-bond acceptors (Lipinski definition) is 4. The molecule has 132 valence electrons. The molecule has 1 fully saturated rings. The molecule has 1 saturated heterocycles. The molecule has 0 aliphatic carbocycles. The number of thioether (sulfide) groups is 1. The van der Waals surface area contributed by atoms with Crippen LogP contribution in [0.2, 0.25) is 5.02 Å². The third-order valence-corrected chi connectivity index (χ3v) is 6.48. The van der Waals surface area contributed by atoms with Crippen LogP contribution in [0.15, 0.2) is 41.8 Å². The van der Waals surface area contributed by atoms with Crippen LogP contribution in [0.1, 0.15) is 34.5 Å². The molecule has 7 heteroatoms. The molecule has 0 saturated carbocycles. The van der Waals surface area contributed by atoms with Crippen molar-refractivity contribution in [2.45, 2.75) is 31.3 Å². The summed E-state index contributed by atoms with van der Waals surface area (Å²) in [5.41, 5.74) is 0.538. The number of amides is 2. The summed E-state index contributed by atoms with van der Waals surface area (Å²) in [6, 6.07) is 10.3. The maximum atomic E-state index is 13.2. The molecule has 0 unspecified atom stereocenters. The first-order valence-corrected chi connectivity index (χ1v) is 10.3. The number of hydrogen-bond donors (Lipinski definition) is 1. The summed E-state index contributed by atoms with van der Waals surface area (Å²) >= 11 is 9.16. The van der Waals surface area contributed by atoms with Crippen LogP contribution in [0.3, 0.4) is 0 Å². The molecule has 1 aliphatic heterocycles. The number of nitrogens with one attached hydrogen (secondary N) is 1. The van der Waals surface area contributed by atoms with Gasteiger partial charge < -0.3 is 10.2 Å². The number of carbonyl (C=O) groups excluding carboxylic acids is 2. The first-order chi connectivity index (χ1) is 12.0. The zero-order valence-corrected chi connectivity index (χ0v) is 16.3. The van der Waals surface area contributed by atoms with Crippen LogP contribution in [0.25, 0.3) is 0 Å². The summed E-state index contributed by atoms with van der Waals surface area (Å²) < 4.78 is 0. The van der Waals surface area contributed by atoms with E-state index in [9.17, 15) is 9.59 Å². The highest BCUT2D eigenvalue weighted by Crippen LogP contribution is 2.43. The summed E-state index contributed by atoms with van der Waals surface area (Å²) in [4.78, 5) is 28.6. The smallest absolute Gasteiger partial charge is 0.255 e. The highest BCUT2D eigenvalue weighted by Gasteiger charge is 2.43. The van der Waals surface area contributed by atoms with Crippen molar-refractivity contribution in [3.05, 3.63) is 57.2 Å². The largest absolute Gasteiger partial charge is 0.352 e. The van der Waals surface area contributed by atoms with E-state index >= 15 is 0 Å². The third-order valence-electron chi connectivity index (χ3n) is 3.85. The zero-order chi connectivity index (χ0) is 18.0. The van der Waals surface area contributed by atoms with Crippen molar-refractivity contribution in [1.29, 1.82) is 0 Å². The Morgan fingerprint density at radius 3 is 2.56 bits per heavy atom. The summed E-state index contributed by atoms with van der Waals surface area (Å²) in [6.45, 7) is 3.84. The Hall–Kier alpha value is -1.50. The average molecular weight is 395 g/mol. The van der Waals surface area contributed by atoms with Gasteiger partial charge in [-0.3, -0.25) is 9.59 Å². The van der Waals surface area contributed by atoms with Gasteiger partial charge in [0.25, 0.3) is 5.91 Å². The lowest BCUT2D eigenvalue weighted by molar-refractivity contribution is -0.125. The first kappa shape index (κ1) is 18.3. The van der Waals surface area contributed by atoms with Gasteiger partial charge in [0.05, 0.1) is 0 Å². The van der Waals surface area contributed by atoms with Gasteiger partial charge in [0, 0.05) is 27.3 Å². The van der Waals surface area contributed by atoms with Crippen LogP contribution in [0.5, 0.6) is 0 Å². The Labute approximate surface area is 160 Å². The Morgan fingerprint density at radius 2 is 1.96 bits per heavy atom. The molecule has 25 heavy (non-hydrogen) atoms. The van der Waals surface area contributed by atoms with E-state index in [2.05, 4.69) is 5.32 Å². The maximum absolute atomic E-state index is 13.2. The van der Waals surface area contributed by atoms with E-state index in [1.807, 2.05) is 31.4 Å². The number of halogens is 1.